The van der Waals surface area contributed by atoms with Crippen LogP contribution >= 0.6 is 0 Å². The Morgan fingerprint density at radius 3 is 1.33 bits per heavy atom. The Labute approximate surface area is 497 Å². The molecule has 7 unspecified atom stereocenters. The van der Waals surface area contributed by atoms with Gasteiger partial charge in [-0.05, 0) is 83.5 Å². The number of hydrogen-bond acceptors (Lipinski definition) is 10. The zero-order valence-corrected chi connectivity index (χ0v) is 52.2. The highest BCUT2D eigenvalue weighted by Gasteiger charge is 2.44. The van der Waals surface area contributed by atoms with Gasteiger partial charge in [0.25, 0.3) is 0 Å². The standard InChI is InChI=1S/C70H127NO10/c1-3-5-7-9-11-13-36-40-44-48-52-56-63(73)62(61-80-70-69(78)68(77)67(76)64(60-72)81-70)71-65(74)57-53-49-45-41-38-34-32-30-28-26-24-22-20-18-16-15-17-19-21-23-25-27-29-31-33-35-39-43-47-51-55-59-79-66(75)58-54-50-46-42-37-14-12-10-8-6-4-2/h7,9,17,19,23,25,36,40,52,56,62-64,67-70,72-73,76-78H,3-6,8,10-16,18,20-22,24,26-35,37-39,41-51,53-55,57-61H2,1-2H3,(H,71,74)/b9-7+,19-17-,25-23-,40-36+,56-52+. The maximum absolute atomic E-state index is 13.0. The summed E-state index contributed by atoms with van der Waals surface area (Å²) in [6.07, 6.45) is 67.9. The van der Waals surface area contributed by atoms with Crippen molar-refractivity contribution in [2.24, 2.45) is 0 Å². The molecule has 0 aromatic rings. The lowest BCUT2D eigenvalue weighted by Crippen LogP contribution is -2.60. The van der Waals surface area contributed by atoms with Gasteiger partial charge in [0.15, 0.2) is 6.29 Å². The third-order valence-electron chi connectivity index (χ3n) is 15.8. The predicted molar refractivity (Wildman–Crippen MR) is 338 cm³/mol. The molecule has 81 heavy (non-hydrogen) atoms. The van der Waals surface area contributed by atoms with Crippen molar-refractivity contribution in [3.63, 3.8) is 0 Å². The summed E-state index contributed by atoms with van der Waals surface area (Å²) in [6, 6.07) is -0.834. The van der Waals surface area contributed by atoms with E-state index in [4.69, 9.17) is 14.2 Å². The molecule has 0 aromatic heterocycles. The highest BCUT2D eigenvalue weighted by Crippen LogP contribution is 2.23. The van der Waals surface area contributed by atoms with Crippen LogP contribution in [0.15, 0.2) is 60.8 Å². The molecule has 1 fully saturated rings. The smallest absolute Gasteiger partial charge is 0.305 e. The van der Waals surface area contributed by atoms with Crippen molar-refractivity contribution in [1.82, 2.24) is 5.32 Å². The number of amides is 1. The van der Waals surface area contributed by atoms with E-state index in [1.165, 1.54) is 199 Å². The number of esters is 1. The molecule has 0 aromatic carbocycles. The summed E-state index contributed by atoms with van der Waals surface area (Å²) in [7, 11) is 0. The van der Waals surface area contributed by atoms with Crippen molar-refractivity contribution in [3.8, 4) is 0 Å². The third-order valence-corrected chi connectivity index (χ3v) is 15.8. The Bertz CT molecular complexity index is 1530. The minimum atomic E-state index is -1.58. The molecule has 0 radical (unpaired) electrons. The number of aliphatic hydroxyl groups excluding tert-OH is 5. The van der Waals surface area contributed by atoms with Gasteiger partial charge in [0, 0.05) is 12.8 Å². The molecule has 0 aliphatic carbocycles. The van der Waals surface area contributed by atoms with Gasteiger partial charge in [0.05, 0.1) is 32.0 Å². The fraction of sp³-hybridized carbons (Fsp3) is 0.829. The number of carbonyl (C=O) groups excluding carboxylic acids is 2. The van der Waals surface area contributed by atoms with Crippen molar-refractivity contribution in [2.45, 2.75) is 352 Å². The van der Waals surface area contributed by atoms with Gasteiger partial charge in [-0.15, -0.1) is 0 Å². The fourth-order valence-electron chi connectivity index (χ4n) is 10.4. The van der Waals surface area contributed by atoms with Crippen molar-refractivity contribution in [2.75, 3.05) is 19.8 Å². The molecule has 7 atom stereocenters. The summed E-state index contributed by atoms with van der Waals surface area (Å²) in [4.78, 5) is 25.0. The van der Waals surface area contributed by atoms with Crippen LogP contribution in [0.3, 0.4) is 0 Å². The first kappa shape index (κ1) is 76.4. The van der Waals surface area contributed by atoms with Gasteiger partial charge in [0.1, 0.15) is 24.4 Å². The topological polar surface area (TPSA) is 175 Å². The van der Waals surface area contributed by atoms with E-state index in [-0.39, 0.29) is 18.5 Å². The number of rotatable bonds is 59. The molecule has 1 heterocycles. The van der Waals surface area contributed by atoms with Gasteiger partial charge in [0.2, 0.25) is 5.91 Å². The fourth-order valence-corrected chi connectivity index (χ4v) is 10.4. The molecule has 0 bridgehead atoms. The molecule has 1 aliphatic heterocycles. The second-order valence-corrected chi connectivity index (χ2v) is 23.5. The molecule has 1 saturated heterocycles. The van der Waals surface area contributed by atoms with Crippen molar-refractivity contribution in [1.29, 1.82) is 0 Å². The van der Waals surface area contributed by atoms with Crippen LogP contribution in [-0.2, 0) is 23.8 Å². The van der Waals surface area contributed by atoms with Crippen LogP contribution in [0.1, 0.15) is 309 Å². The van der Waals surface area contributed by atoms with Crippen LogP contribution in [-0.4, -0.2) is 100 Å². The molecule has 1 rings (SSSR count). The number of unbranched alkanes of at least 4 members (excludes halogenated alkanes) is 37. The zero-order valence-electron chi connectivity index (χ0n) is 52.2. The van der Waals surface area contributed by atoms with E-state index in [0.717, 1.165) is 83.5 Å². The second-order valence-electron chi connectivity index (χ2n) is 23.5. The molecule has 0 saturated carbocycles. The van der Waals surface area contributed by atoms with Crippen LogP contribution < -0.4 is 5.32 Å². The number of allylic oxidation sites excluding steroid dienone is 9. The Balaban J connectivity index is 1.98. The third kappa shape index (κ3) is 48.3. The monoisotopic (exact) mass is 1140 g/mol. The first-order valence-corrected chi connectivity index (χ1v) is 34.1. The molecule has 11 heteroatoms. The SMILES string of the molecule is CCC/C=C/CC/C=C/CC/C=C/C(O)C(COC1OC(CO)C(O)C(O)C1O)NC(=O)CCCCCCCCCCCCCCCCC/C=C\C/C=C\CCCCCCCCCCCOC(=O)CCCCCCCCCCCCC. The van der Waals surface area contributed by atoms with Crippen LogP contribution in [0.5, 0.6) is 0 Å². The van der Waals surface area contributed by atoms with Gasteiger partial charge in [-0.3, -0.25) is 9.59 Å². The summed E-state index contributed by atoms with van der Waals surface area (Å²) in [5.74, 6) is -0.193. The van der Waals surface area contributed by atoms with Gasteiger partial charge in [-0.2, -0.15) is 0 Å². The summed E-state index contributed by atoms with van der Waals surface area (Å²) in [5, 5.41) is 54.3. The first-order valence-electron chi connectivity index (χ1n) is 34.1. The highest BCUT2D eigenvalue weighted by molar-refractivity contribution is 5.76. The van der Waals surface area contributed by atoms with E-state index in [1.807, 2.05) is 6.08 Å². The Kier molecular flexibility index (Phi) is 55.7. The molecular formula is C70H127NO10. The number of aliphatic hydroxyl groups is 5. The van der Waals surface area contributed by atoms with Crippen LogP contribution in [0, 0.1) is 0 Å². The normalized spacial score (nSPS) is 18.6. The lowest BCUT2D eigenvalue weighted by atomic mass is 9.99. The van der Waals surface area contributed by atoms with Crippen molar-refractivity contribution >= 4 is 11.9 Å². The maximum Gasteiger partial charge on any atom is 0.305 e. The van der Waals surface area contributed by atoms with Gasteiger partial charge < -0.3 is 45.1 Å². The van der Waals surface area contributed by atoms with E-state index in [2.05, 4.69) is 67.8 Å². The lowest BCUT2D eigenvalue weighted by molar-refractivity contribution is -0.302. The minimum absolute atomic E-state index is 0.00415. The second kappa shape index (κ2) is 59.1. The summed E-state index contributed by atoms with van der Waals surface area (Å²) in [5.41, 5.74) is 0. The van der Waals surface area contributed by atoms with E-state index in [1.54, 1.807) is 6.08 Å². The average molecular weight is 1140 g/mol. The molecule has 472 valence electrons. The Morgan fingerprint density at radius 2 is 0.864 bits per heavy atom. The number of nitrogens with one attached hydrogen (secondary N) is 1. The van der Waals surface area contributed by atoms with Crippen LogP contribution in [0.25, 0.3) is 0 Å². The van der Waals surface area contributed by atoms with Gasteiger partial charge >= 0.3 is 5.97 Å². The molecule has 11 nitrogen and oxygen atoms in total. The Morgan fingerprint density at radius 1 is 0.457 bits per heavy atom. The lowest BCUT2D eigenvalue weighted by Gasteiger charge is -2.40. The van der Waals surface area contributed by atoms with Crippen molar-refractivity contribution in [3.05, 3.63) is 60.8 Å². The van der Waals surface area contributed by atoms with Crippen LogP contribution in [0.2, 0.25) is 0 Å². The van der Waals surface area contributed by atoms with E-state index < -0.39 is 49.5 Å². The molecule has 1 aliphatic rings. The highest BCUT2D eigenvalue weighted by atomic mass is 16.7. The molecule has 1 amide bonds. The van der Waals surface area contributed by atoms with E-state index >= 15 is 0 Å². The number of carbonyl (C=O) groups is 2. The van der Waals surface area contributed by atoms with Crippen LogP contribution in [0.4, 0.5) is 0 Å². The largest absolute Gasteiger partial charge is 0.466 e. The zero-order chi connectivity index (χ0) is 58.7. The number of hydrogen-bond donors (Lipinski definition) is 6. The molecular weight excluding hydrogens is 1010 g/mol. The predicted octanol–water partition coefficient (Wildman–Crippen LogP) is 17.0. The Hall–Kier alpha value is -2.64. The van der Waals surface area contributed by atoms with Crippen molar-refractivity contribution < 1.29 is 49.3 Å². The number of ether oxygens (including phenoxy) is 3. The quantitative estimate of drug-likeness (QED) is 0.0195. The minimum Gasteiger partial charge on any atom is -0.466 e. The van der Waals surface area contributed by atoms with Gasteiger partial charge in [-0.1, -0.05) is 274 Å². The summed E-state index contributed by atoms with van der Waals surface area (Å²) >= 11 is 0. The molecule has 0 spiro atoms. The first-order chi connectivity index (χ1) is 39.7. The van der Waals surface area contributed by atoms with E-state index in [9.17, 15) is 35.1 Å². The summed E-state index contributed by atoms with van der Waals surface area (Å²) in [6.45, 7) is 4.26. The van der Waals surface area contributed by atoms with Gasteiger partial charge in [-0.25, -0.2) is 0 Å². The molecule has 6 N–H and O–H groups in total. The average Bonchev–Trinajstić information content (AvgIpc) is 3.47. The summed E-state index contributed by atoms with van der Waals surface area (Å²) < 4.78 is 16.7. The van der Waals surface area contributed by atoms with E-state index in [0.29, 0.717) is 19.4 Å². The maximum atomic E-state index is 13.0.